The highest BCUT2D eigenvalue weighted by molar-refractivity contribution is 7.99. The van der Waals surface area contributed by atoms with E-state index in [1.165, 1.54) is 0 Å². The Bertz CT molecular complexity index is 1540. The summed E-state index contributed by atoms with van der Waals surface area (Å²) in [7, 11) is 0. The zero-order chi connectivity index (χ0) is 31.4. The highest BCUT2D eigenvalue weighted by Crippen LogP contribution is 2.39. The smallest absolute Gasteiger partial charge is 0.224 e. The normalized spacial score (nSPS) is 17.8. The zero-order valence-corrected chi connectivity index (χ0v) is 25.7. The molecule has 0 spiro atoms. The number of hydrogen-bond acceptors (Lipinski definition) is 8. The van der Waals surface area contributed by atoms with E-state index in [1.807, 2.05) is 66.7 Å². The van der Waals surface area contributed by atoms with Crippen molar-refractivity contribution in [3.05, 3.63) is 119 Å². The van der Waals surface area contributed by atoms with Gasteiger partial charge in [-0.3, -0.25) is 9.59 Å². The molecule has 9 nitrogen and oxygen atoms in total. The first kappa shape index (κ1) is 32.2. The first-order valence-electron chi connectivity index (χ1n) is 15.0. The largest absolute Gasteiger partial charge is 0.397 e. The molecule has 0 aliphatic carbocycles. The van der Waals surface area contributed by atoms with Crippen molar-refractivity contribution in [3.8, 4) is 0 Å². The first-order valence-corrected chi connectivity index (χ1v) is 16.0. The van der Waals surface area contributed by atoms with Gasteiger partial charge in [-0.1, -0.05) is 66.7 Å². The van der Waals surface area contributed by atoms with E-state index in [2.05, 4.69) is 15.6 Å². The van der Waals surface area contributed by atoms with Crippen LogP contribution in [0.1, 0.15) is 60.3 Å². The maximum absolute atomic E-state index is 12.4. The number of benzene rings is 3. The second-order valence-electron chi connectivity index (χ2n) is 10.8. The molecule has 5 N–H and O–H groups in total. The Morgan fingerprint density at radius 3 is 2.31 bits per heavy atom. The van der Waals surface area contributed by atoms with Gasteiger partial charge in [0.1, 0.15) is 0 Å². The number of pyridine rings is 1. The number of nitrogens with two attached hydrogens (primary N) is 1. The third-order valence-electron chi connectivity index (χ3n) is 7.45. The lowest BCUT2D eigenvalue weighted by Crippen LogP contribution is -2.31. The molecule has 10 heteroatoms. The Morgan fingerprint density at radius 2 is 1.58 bits per heavy atom. The third-order valence-corrected chi connectivity index (χ3v) is 8.53. The number of ether oxygens (including phenoxy) is 2. The predicted molar refractivity (Wildman–Crippen MR) is 175 cm³/mol. The summed E-state index contributed by atoms with van der Waals surface area (Å²) in [6.07, 6.45) is 2.60. The zero-order valence-electron chi connectivity index (χ0n) is 24.9. The molecule has 3 aromatic carbocycles. The molecule has 1 aromatic heterocycles. The molecule has 0 unspecified atom stereocenters. The number of aliphatic hydroxyl groups excluding tert-OH is 1. The van der Waals surface area contributed by atoms with Crippen LogP contribution in [-0.4, -0.2) is 33.8 Å². The minimum Gasteiger partial charge on any atom is -0.397 e. The van der Waals surface area contributed by atoms with E-state index in [4.69, 9.17) is 15.2 Å². The van der Waals surface area contributed by atoms with Crippen LogP contribution in [0.3, 0.4) is 0 Å². The van der Waals surface area contributed by atoms with Crippen LogP contribution in [0.2, 0.25) is 0 Å². The van der Waals surface area contributed by atoms with Gasteiger partial charge >= 0.3 is 0 Å². The number of amides is 2. The van der Waals surface area contributed by atoms with Crippen molar-refractivity contribution in [3.63, 3.8) is 0 Å². The third kappa shape index (κ3) is 9.63. The van der Waals surface area contributed by atoms with Crippen LogP contribution in [-0.2, 0) is 32.2 Å². The second kappa shape index (κ2) is 16.2. The fourth-order valence-corrected chi connectivity index (χ4v) is 5.83. The van der Waals surface area contributed by atoms with E-state index in [0.717, 1.165) is 33.0 Å². The van der Waals surface area contributed by atoms with E-state index in [9.17, 15) is 14.7 Å². The highest BCUT2D eigenvalue weighted by Gasteiger charge is 2.32. The summed E-state index contributed by atoms with van der Waals surface area (Å²) in [5.41, 5.74) is 10.7. The summed E-state index contributed by atoms with van der Waals surface area (Å²) < 4.78 is 12.9. The Kier molecular flexibility index (Phi) is 11.6. The van der Waals surface area contributed by atoms with Gasteiger partial charge in [0, 0.05) is 43.3 Å². The van der Waals surface area contributed by atoms with E-state index in [1.54, 1.807) is 42.2 Å². The molecule has 0 radical (unpaired) electrons. The maximum Gasteiger partial charge on any atom is 0.224 e. The van der Waals surface area contributed by atoms with Crippen LogP contribution < -0.4 is 16.4 Å². The molecule has 2 amide bonds. The summed E-state index contributed by atoms with van der Waals surface area (Å²) in [6.45, 7) is 0.372. The van der Waals surface area contributed by atoms with Crippen molar-refractivity contribution >= 4 is 35.0 Å². The minimum absolute atomic E-state index is 0.00444. The van der Waals surface area contributed by atoms with Gasteiger partial charge < -0.3 is 30.9 Å². The number of rotatable bonds is 13. The van der Waals surface area contributed by atoms with E-state index >= 15 is 0 Å². The standard InChI is InChI=1S/C35H38N4O5S/c36-29-6-1-2-7-30(29)39-33(42)9-5-8-32(41)38-21-24-11-17-27(18-12-24)35-43-28(23-45-34-10-3-4-19-37-34)20-31(44-35)26-15-13-25(22-40)14-16-26/h1-4,6-7,10-19,28,31,35,40H,5,8-9,20-23,36H2,(H,38,41)(H,39,42)/t28-,31+,35+/m1/s1. The molecule has 0 bridgehead atoms. The van der Waals surface area contributed by atoms with Crippen LogP contribution in [0.5, 0.6) is 0 Å². The van der Waals surface area contributed by atoms with Gasteiger partial charge in [-0.05, 0) is 47.4 Å². The fraction of sp³-hybridized carbons (Fsp3) is 0.286. The van der Waals surface area contributed by atoms with Crippen LogP contribution in [0, 0.1) is 0 Å². The number of para-hydroxylation sites is 2. The van der Waals surface area contributed by atoms with Crippen LogP contribution >= 0.6 is 11.8 Å². The lowest BCUT2D eigenvalue weighted by molar-refractivity contribution is -0.245. The number of hydrogen-bond donors (Lipinski definition) is 4. The van der Waals surface area contributed by atoms with Gasteiger partial charge in [-0.25, -0.2) is 4.98 Å². The SMILES string of the molecule is Nc1ccccc1NC(=O)CCCC(=O)NCc1ccc([C@H]2O[C@@H](CSc3ccccn3)C[C@@H](c3ccc(CO)cc3)O2)cc1. The number of nitrogen functional groups attached to an aromatic ring is 1. The van der Waals surface area contributed by atoms with Crippen molar-refractivity contribution in [2.75, 3.05) is 16.8 Å². The fourth-order valence-electron chi connectivity index (χ4n) is 4.95. The number of nitrogens with one attached hydrogen (secondary N) is 2. The molecule has 1 fully saturated rings. The average molecular weight is 627 g/mol. The number of anilines is 2. The van der Waals surface area contributed by atoms with Crippen molar-refractivity contribution in [2.24, 2.45) is 0 Å². The number of nitrogens with zero attached hydrogens (tertiary/aromatic N) is 1. The van der Waals surface area contributed by atoms with E-state index in [-0.39, 0.29) is 43.5 Å². The lowest BCUT2D eigenvalue weighted by Gasteiger charge is -2.36. The Morgan fingerprint density at radius 1 is 0.867 bits per heavy atom. The maximum atomic E-state index is 12.4. The first-order chi connectivity index (χ1) is 22.0. The van der Waals surface area contributed by atoms with Crippen LogP contribution in [0.25, 0.3) is 0 Å². The Balaban J connectivity index is 1.13. The topological polar surface area (TPSA) is 136 Å². The van der Waals surface area contributed by atoms with Gasteiger partial charge in [0.15, 0.2) is 6.29 Å². The summed E-state index contributed by atoms with van der Waals surface area (Å²) in [5, 5.41) is 16.1. The van der Waals surface area contributed by atoms with Gasteiger partial charge in [0.05, 0.1) is 35.2 Å². The minimum atomic E-state index is -0.559. The Labute approximate surface area is 267 Å². The molecule has 0 saturated carbocycles. The number of aromatic nitrogens is 1. The molecule has 4 aromatic rings. The molecule has 5 rings (SSSR count). The van der Waals surface area contributed by atoms with Crippen molar-refractivity contribution in [2.45, 2.75) is 62.4 Å². The number of aliphatic hydroxyl groups is 1. The molecule has 234 valence electrons. The monoisotopic (exact) mass is 626 g/mol. The Hall–Kier alpha value is -4.22. The average Bonchev–Trinajstić information content (AvgIpc) is 3.08. The van der Waals surface area contributed by atoms with Gasteiger partial charge in [-0.15, -0.1) is 11.8 Å². The molecule has 3 atom stereocenters. The summed E-state index contributed by atoms with van der Waals surface area (Å²) >= 11 is 1.65. The van der Waals surface area contributed by atoms with Gasteiger partial charge in [-0.2, -0.15) is 0 Å². The molecular weight excluding hydrogens is 588 g/mol. The molecular formula is C35H38N4O5S. The number of thioether (sulfide) groups is 1. The molecule has 45 heavy (non-hydrogen) atoms. The quantitative estimate of drug-likeness (QED) is 0.106. The molecule has 1 aliphatic rings. The van der Waals surface area contributed by atoms with Crippen LogP contribution in [0.4, 0.5) is 11.4 Å². The molecule has 1 saturated heterocycles. The van der Waals surface area contributed by atoms with E-state index < -0.39 is 6.29 Å². The van der Waals surface area contributed by atoms with Gasteiger partial charge in [0.25, 0.3) is 0 Å². The summed E-state index contributed by atoms with van der Waals surface area (Å²) in [6, 6.07) is 28.6. The molecule has 1 aliphatic heterocycles. The van der Waals surface area contributed by atoms with Crippen molar-refractivity contribution < 1.29 is 24.2 Å². The second-order valence-corrected chi connectivity index (χ2v) is 11.9. The number of carbonyl (C=O) groups excluding carboxylic acids is 2. The van der Waals surface area contributed by atoms with Gasteiger partial charge in [0.2, 0.25) is 11.8 Å². The predicted octanol–water partition coefficient (Wildman–Crippen LogP) is 5.92. The lowest BCUT2D eigenvalue weighted by atomic mass is 10.0. The van der Waals surface area contributed by atoms with Crippen molar-refractivity contribution in [1.82, 2.24) is 10.3 Å². The van der Waals surface area contributed by atoms with Crippen molar-refractivity contribution in [1.29, 1.82) is 0 Å². The highest BCUT2D eigenvalue weighted by atomic mass is 32.2. The van der Waals surface area contributed by atoms with Crippen LogP contribution in [0.15, 0.2) is 102 Å². The van der Waals surface area contributed by atoms with E-state index in [0.29, 0.717) is 30.8 Å². The summed E-state index contributed by atoms with van der Waals surface area (Å²) in [5.74, 6) is 0.438. The number of carbonyl (C=O) groups is 2. The molecule has 2 heterocycles. The summed E-state index contributed by atoms with van der Waals surface area (Å²) in [4.78, 5) is 29.0.